The van der Waals surface area contributed by atoms with Crippen LogP contribution in [0.1, 0.15) is 38.8 Å². The normalized spacial score (nSPS) is 16.5. The van der Waals surface area contributed by atoms with Gasteiger partial charge in [-0.2, -0.15) is 0 Å². The van der Waals surface area contributed by atoms with Crippen LogP contribution in [0.25, 0.3) is 15.9 Å². The van der Waals surface area contributed by atoms with Crippen LogP contribution in [0.3, 0.4) is 0 Å². The lowest BCUT2D eigenvalue weighted by Crippen LogP contribution is -2.23. The molecule has 5 rings (SSSR count). The highest BCUT2D eigenvalue weighted by molar-refractivity contribution is 8.08. The first kappa shape index (κ1) is 20.5. The molecule has 1 fully saturated rings. The average Bonchev–Trinajstić information content (AvgIpc) is 3.49. The summed E-state index contributed by atoms with van der Waals surface area (Å²) in [6.45, 7) is 7.49. The van der Waals surface area contributed by atoms with Crippen molar-refractivity contribution in [3.63, 3.8) is 0 Å². The molecule has 2 aliphatic rings. The summed E-state index contributed by atoms with van der Waals surface area (Å²) in [6.07, 6.45) is 13.8. The van der Waals surface area contributed by atoms with E-state index in [4.69, 9.17) is 0 Å². The molecular weight excluding hydrogens is 368 g/mol. The molecule has 0 atom stereocenters. The average molecular weight is 399 g/mol. The van der Waals surface area contributed by atoms with E-state index in [0.717, 1.165) is 29.0 Å². The maximum atomic E-state index is 4.34. The van der Waals surface area contributed by atoms with Crippen LogP contribution in [0.5, 0.6) is 0 Å². The van der Waals surface area contributed by atoms with Gasteiger partial charge in [0.2, 0.25) is 0 Å². The Bertz CT molecular complexity index is 839. The number of fused-ring (bicyclic) bond motifs is 1. The standard InChI is InChI=1S/C14H13N5S.C5H11N.C2H6/c1-3-16-14-10(1)12(2-4-17-14)19-5-6-20-13(8-19)11-7-15-9-18-11;1-2-4-6-5-3-1;1-2/h1-4,7-9H,5-6H2,(H,15,18)(H,16,17);6H,1-5H2;1-2H3. The van der Waals surface area contributed by atoms with Crippen molar-refractivity contribution in [1.29, 1.82) is 0 Å². The van der Waals surface area contributed by atoms with Crippen LogP contribution in [0.15, 0.2) is 43.3 Å². The molecule has 28 heavy (non-hydrogen) atoms. The lowest BCUT2D eigenvalue weighted by Gasteiger charge is -2.26. The number of aromatic amines is 2. The Balaban J connectivity index is 0.000000239. The fraction of sp³-hybridized carbons (Fsp3) is 0.429. The maximum absolute atomic E-state index is 4.34. The number of pyridine rings is 1. The Hall–Kier alpha value is -2.25. The van der Waals surface area contributed by atoms with E-state index < -0.39 is 0 Å². The van der Waals surface area contributed by atoms with Gasteiger partial charge in [0, 0.05) is 41.2 Å². The summed E-state index contributed by atoms with van der Waals surface area (Å²) in [5.41, 5.74) is 3.19. The predicted molar refractivity (Wildman–Crippen MR) is 121 cm³/mol. The van der Waals surface area contributed by atoms with Crippen molar-refractivity contribution in [2.45, 2.75) is 33.1 Å². The van der Waals surface area contributed by atoms with E-state index in [1.54, 1.807) is 6.33 Å². The predicted octanol–water partition coefficient (Wildman–Crippen LogP) is 4.62. The van der Waals surface area contributed by atoms with E-state index in [-0.39, 0.29) is 0 Å². The highest BCUT2D eigenvalue weighted by Gasteiger charge is 2.16. The van der Waals surface area contributed by atoms with E-state index in [9.17, 15) is 0 Å². The summed E-state index contributed by atoms with van der Waals surface area (Å²) in [5.74, 6) is 1.05. The highest BCUT2D eigenvalue weighted by Crippen LogP contribution is 2.34. The minimum atomic E-state index is 0.928. The van der Waals surface area contributed by atoms with Crippen LogP contribution in [-0.2, 0) is 0 Å². The monoisotopic (exact) mass is 398 g/mol. The molecule has 3 N–H and O–H groups in total. The number of thioether (sulfide) groups is 1. The second-order valence-corrected chi connectivity index (χ2v) is 7.52. The van der Waals surface area contributed by atoms with Crippen molar-refractivity contribution >= 4 is 33.4 Å². The molecule has 0 bridgehead atoms. The van der Waals surface area contributed by atoms with E-state index in [2.05, 4.69) is 48.5 Å². The highest BCUT2D eigenvalue weighted by atomic mass is 32.2. The fourth-order valence-corrected chi connectivity index (χ4v) is 4.20. The number of H-pyrrole nitrogens is 2. The first-order valence-corrected chi connectivity index (χ1v) is 11.1. The smallest absolute Gasteiger partial charge is 0.139 e. The Labute approximate surface area is 171 Å². The number of anilines is 1. The molecule has 6 nitrogen and oxygen atoms in total. The molecule has 150 valence electrons. The van der Waals surface area contributed by atoms with Crippen molar-refractivity contribution in [1.82, 2.24) is 25.3 Å². The largest absolute Gasteiger partial charge is 0.346 e. The van der Waals surface area contributed by atoms with Gasteiger partial charge in [-0.15, -0.1) is 11.8 Å². The zero-order chi connectivity index (χ0) is 19.6. The molecule has 0 aromatic carbocycles. The topological polar surface area (TPSA) is 72.6 Å². The summed E-state index contributed by atoms with van der Waals surface area (Å²) >= 11 is 1.85. The molecule has 0 aliphatic carbocycles. The minimum Gasteiger partial charge on any atom is -0.346 e. The van der Waals surface area contributed by atoms with Gasteiger partial charge in [0.1, 0.15) is 5.65 Å². The van der Waals surface area contributed by atoms with Gasteiger partial charge < -0.3 is 20.2 Å². The zero-order valence-electron chi connectivity index (χ0n) is 16.7. The van der Waals surface area contributed by atoms with Gasteiger partial charge in [-0.25, -0.2) is 9.97 Å². The number of nitrogens with one attached hydrogen (secondary N) is 3. The summed E-state index contributed by atoms with van der Waals surface area (Å²) in [4.78, 5) is 18.3. The van der Waals surface area contributed by atoms with Gasteiger partial charge in [-0.3, -0.25) is 0 Å². The van der Waals surface area contributed by atoms with Gasteiger partial charge in [0.05, 0.1) is 23.9 Å². The summed E-state index contributed by atoms with van der Waals surface area (Å²) < 4.78 is 0. The fourth-order valence-electron chi connectivity index (χ4n) is 3.22. The second-order valence-electron chi connectivity index (χ2n) is 6.38. The van der Waals surface area contributed by atoms with Crippen molar-refractivity contribution in [3.05, 3.63) is 48.9 Å². The van der Waals surface area contributed by atoms with E-state index in [0.29, 0.717) is 0 Å². The Morgan fingerprint density at radius 2 is 1.93 bits per heavy atom. The summed E-state index contributed by atoms with van der Waals surface area (Å²) in [5, 5.41) is 4.44. The van der Waals surface area contributed by atoms with Crippen molar-refractivity contribution in [3.8, 4) is 0 Å². The number of piperidine rings is 1. The quantitative estimate of drug-likeness (QED) is 0.587. The van der Waals surface area contributed by atoms with Crippen molar-refractivity contribution in [2.24, 2.45) is 0 Å². The van der Waals surface area contributed by atoms with E-state index in [1.807, 2.05) is 44.2 Å². The Morgan fingerprint density at radius 3 is 2.61 bits per heavy atom. The first-order valence-electron chi connectivity index (χ1n) is 10.1. The van der Waals surface area contributed by atoms with Crippen LogP contribution in [0, 0.1) is 0 Å². The number of nitrogens with zero attached hydrogens (tertiary/aromatic N) is 3. The number of aromatic nitrogens is 4. The van der Waals surface area contributed by atoms with E-state index >= 15 is 0 Å². The zero-order valence-corrected chi connectivity index (χ0v) is 17.6. The molecule has 0 amide bonds. The molecule has 3 aromatic rings. The van der Waals surface area contributed by atoms with Crippen molar-refractivity contribution < 1.29 is 0 Å². The van der Waals surface area contributed by atoms with Gasteiger partial charge in [0.15, 0.2) is 0 Å². The van der Waals surface area contributed by atoms with Crippen molar-refractivity contribution in [2.75, 3.05) is 30.3 Å². The Morgan fingerprint density at radius 1 is 1.07 bits per heavy atom. The first-order chi connectivity index (χ1) is 13.9. The van der Waals surface area contributed by atoms with Crippen LogP contribution in [-0.4, -0.2) is 45.3 Å². The molecule has 1 saturated heterocycles. The molecule has 3 aromatic heterocycles. The number of rotatable bonds is 2. The number of imidazole rings is 1. The lowest BCUT2D eigenvalue weighted by atomic mass is 10.2. The maximum Gasteiger partial charge on any atom is 0.139 e. The lowest BCUT2D eigenvalue weighted by molar-refractivity contribution is 0.520. The number of hydrogen-bond acceptors (Lipinski definition) is 5. The van der Waals surface area contributed by atoms with Gasteiger partial charge in [-0.05, 0) is 38.1 Å². The Kier molecular flexibility index (Phi) is 7.99. The third-order valence-corrected chi connectivity index (χ3v) is 5.60. The van der Waals surface area contributed by atoms with Gasteiger partial charge in [0.25, 0.3) is 0 Å². The molecule has 2 aliphatic heterocycles. The number of hydrogen-bond donors (Lipinski definition) is 3. The third kappa shape index (κ3) is 5.17. The minimum absolute atomic E-state index is 0.928. The molecule has 0 radical (unpaired) electrons. The van der Waals surface area contributed by atoms with Crippen LogP contribution in [0.2, 0.25) is 0 Å². The third-order valence-electron chi connectivity index (χ3n) is 4.58. The van der Waals surface area contributed by atoms with Gasteiger partial charge in [-0.1, -0.05) is 20.3 Å². The molecule has 5 heterocycles. The molecular formula is C21H30N6S. The molecule has 0 spiro atoms. The summed E-state index contributed by atoms with van der Waals surface area (Å²) in [6, 6.07) is 4.14. The van der Waals surface area contributed by atoms with Crippen LogP contribution >= 0.6 is 11.8 Å². The van der Waals surface area contributed by atoms with Crippen LogP contribution in [0.4, 0.5) is 5.69 Å². The van der Waals surface area contributed by atoms with Gasteiger partial charge >= 0.3 is 0 Å². The summed E-state index contributed by atoms with van der Waals surface area (Å²) in [7, 11) is 0. The van der Waals surface area contributed by atoms with Crippen LogP contribution < -0.4 is 10.2 Å². The molecule has 0 saturated carbocycles. The molecule has 7 heteroatoms. The second kappa shape index (κ2) is 10.9. The molecule has 0 unspecified atom stereocenters. The van der Waals surface area contributed by atoms with E-state index in [1.165, 1.54) is 42.9 Å². The SMILES string of the molecule is C1=C(c2cnc[nH]2)SCCN1c1ccnc2[nH]ccc12.C1CCNCC1.CC.